The van der Waals surface area contributed by atoms with Crippen LogP contribution in [0.15, 0.2) is 58.6 Å². The number of allylic oxidation sites excluding steroid dienone is 1. The van der Waals surface area contributed by atoms with Crippen LogP contribution in [-0.2, 0) is 4.79 Å². The number of nitrogens with one attached hydrogen (secondary N) is 1. The van der Waals surface area contributed by atoms with Crippen molar-refractivity contribution < 1.29 is 14.3 Å². The zero-order valence-electron chi connectivity index (χ0n) is 19.4. The van der Waals surface area contributed by atoms with Crippen LogP contribution >= 0.6 is 15.9 Å². The van der Waals surface area contributed by atoms with Gasteiger partial charge in [0.15, 0.2) is 17.3 Å². The van der Waals surface area contributed by atoms with Gasteiger partial charge in [0.05, 0.1) is 24.2 Å². The Kier molecular flexibility index (Phi) is 5.48. The Labute approximate surface area is 203 Å². The monoisotopic (exact) mass is 505 g/mol. The van der Waals surface area contributed by atoms with Gasteiger partial charge in [-0.3, -0.25) is 4.79 Å². The highest BCUT2D eigenvalue weighted by Gasteiger charge is 2.41. The van der Waals surface area contributed by atoms with Gasteiger partial charge in [0.25, 0.3) is 0 Å². The van der Waals surface area contributed by atoms with Crippen LogP contribution < -0.4 is 14.8 Å². The molecule has 33 heavy (non-hydrogen) atoms. The normalized spacial score (nSPS) is 19.1. The van der Waals surface area contributed by atoms with Crippen molar-refractivity contribution in [1.82, 2.24) is 0 Å². The number of hydrogen-bond donors (Lipinski definition) is 1. The largest absolute Gasteiger partial charge is 0.493 e. The summed E-state index contributed by atoms with van der Waals surface area (Å²) in [6.45, 7) is 6.86. The Morgan fingerprint density at radius 2 is 1.91 bits per heavy atom. The zero-order chi connectivity index (χ0) is 23.3. The van der Waals surface area contributed by atoms with Gasteiger partial charge in [-0.2, -0.15) is 0 Å². The van der Waals surface area contributed by atoms with Crippen molar-refractivity contribution in [2.24, 2.45) is 5.41 Å². The maximum Gasteiger partial charge on any atom is 0.175 e. The van der Waals surface area contributed by atoms with E-state index in [0.29, 0.717) is 24.5 Å². The van der Waals surface area contributed by atoms with Crippen LogP contribution in [0, 0.1) is 5.41 Å². The van der Waals surface area contributed by atoms with E-state index in [2.05, 4.69) is 71.5 Å². The predicted octanol–water partition coefficient (Wildman–Crippen LogP) is 7.32. The summed E-state index contributed by atoms with van der Waals surface area (Å²) in [5.74, 6) is 1.54. The molecule has 170 valence electrons. The Morgan fingerprint density at radius 3 is 2.67 bits per heavy atom. The summed E-state index contributed by atoms with van der Waals surface area (Å²) in [5, 5.41) is 6.07. The van der Waals surface area contributed by atoms with Crippen molar-refractivity contribution in [1.29, 1.82) is 0 Å². The van der Waals surface area contributed by atoms with Crippen molar-refractivity contribution in [3.8, 4) is 11.5 Å². The number of carbonyl (C=O) groups is 1. The molecule has 4 nitrogen and oxygen atoms in total. The van der Waals surface area contributed by atoms with Crippen molar-refractivity contribution >= 4 is 43.7 Å². The van der Waals surface area contributed by atoms with Crippen LogP contribution in [-0.4, -0.2) is 19.5 Å². The van der Waals surface area contributed by atoms with E-state index in [-0.39, 0.29) is 17.2 Å². The molecule has 0 unspecified atom stereocenters. The van der Waals surface area contributed by atoms with Gasteiger partial charge in [-0.1, -0.05) is 44.2 Å². The van der Waals surface area contributed by atoms with Gasteiger partial charge < -0.3 is 14.8 Å². The maximum absolute atomic E-state index is 13.6. The quantitative estimate of drug-likeness (QED) is 0.403. The van der Waals surface area contributed by atoms with Gasteiger partial charge in [0, 0.05) is 23.2 Å². The molecule has 0 saturated carbocycles. The molecule has 5 heteroatoms. The third-order valence-corrected chi connectivity index (χ3v) is 7.20. The van der Waals surface area contributed by atoms with Gasteiger partial charge in [-0.05, 0) is 74.8 Å². The van der Waals surface area contributed by atoms with Crippen molar-refractivity contribution in [3.63, 3.8) is 0 Å². The van der Waals surface area contributed by atoms with Gasteiger partial charge >= 0.3 is 0 Å². The minimum absolute atomic E-state index is 0.0802. The van der Waals surface area contributed by atoms with E-state index in [1.54, 1.807) is 7.11 Å². The molecule has 1 atom stereocenters. The first-order valence-corrected chi connectivity index (χ1v) is 12.2. The summed E-state index contributed by atoms with van der Waals surface area (Å²) in [4.78, 5) is 13.6. The van der Waals surface area contributed by atoms with Crippen molar-refractivity contribution in [2.75, 3.05) is 19.0 Å². The summed E-state index contributed by atoms with van der Waals surface area (Å²) in [5.41, 5.74) is 5.15. The number of Topliss-reactive ketones (excluding diaryl/α,β-unsaturated/α-hetero) is 1. The lowest BCUT2D eigenvalue weighted by molar-refractivity contribution is -0.118. The molecule has 0 saturated heterocycles. The average Bonchev–Trinajstić information content (AvgIpc) is 2.78. The molecule has 1 aliphatic carbocycles. The Morgan fingerprint density at radius 1 is 1.12 bits per heavy atom. The van der Waals surface area contributed by atoms with E-state index in [4.69, 9.17) is 9.47 Å². The van der Waals surface area contributed by atoms with E-state index < -0.39 is 0 Å². The molecule has 3 aromatic rings. The molecule has 2 aliphatic rings. The second-order valence-electron chi connectivity index (χ2n) is 9.59. The van der Waals surface area contributed by atoms with Gasteiger partial charge in [-0.25, -0.2) is 0 Å². The Hall–Kier alpha value is -2.79. The molecular formula is C28H28BrNO3. The van der Waals surface area contributed by atoms with E-state index in [0.717, 1.165) is 38.9 Å². The third kappa shape index (κ3) is 3.72. The van der Waals surface area contributed by atoms with Gasteiger partial charge in [0.2, 0.25) is 0 Å². The summed E-state index contributed by atoms with van der Waals surface area (Å²) in [6, 6.07) is 16.5. The maximum atomic E-state index is 13.6. The van der Waals surface area contributed by atoms with Crippen LogP contribution in [0.5, 0.6) is 11.5 Å². The Bertz CT molecular complexity index is 1310. The zero-order valence-corrected chi connectivity index (χ0v) is 21.0. The molecule has 5 rings (SSSR count). The van der Waals surface area contributed by atoms with Crippen molar-refractivity contribution in [2.45, 2.75) is 39.7 Å². The molecule has 0 fully saturated rings. The molecule has 0 aromatic heterocycles. The standard InChI is InChI=1S/C28H28BrNO3/c1-5-33-27-20(29)12-17(13-23(27)32-4)26-25-19(14-28(2,3)15-22(25)31)24-18-9-7-6-8-16(18)10-11-21(24)30-26/h6-13,26,30H,5,14-15H2,1-4H3/t26-/m0/s1. The average molecular weight is 506 g/mol. The highest BCUT2D eigenvalue weighted by atomic mass is 79.9. The number of benzene rings is 3. The third-order valence-electron chi connectivity index (χ3n) is 6.61. The fourth-order valence-electron chi connectivity index (χ4n) is 5.28. The molecule has 0 spiro atoms. The summed E-state index contributed by atoms with van der Waals surface area (Å²) in [6.07, 6.45) is 1.40. The summed E-state index contributed by atoms with van der Waals surface area (Å²) in [7, 11) is 1.64. The minimum Gasteiger partial charge on any atom is -0.493 e. The van der Waals surface area contributed by atoms with Crippen LogP contribution in [0.25, 0.3) is 16.3 Å². The van der Waals surface area contributed by atoms with Crippen LogP contribution in [0.2, 0.25) is 0 Å². The molecule has 1 heterocycles. The summed E-state index contributed by atoms with van der Waals surface area (Å²) < 4.78 is 12.3. The second-order valence-corrected chi connectivity index (χ2v) is 10.4. The van der Waals surface area contributed by atoms with E-state index in [9.17, 15) is 4.79 Å². The van der Waals surface area contributed by atoms with Crippen LogP contribution in [0.1, 0.15) is 50.8 Å². The molecular weight excluding hydrogens is 478 g/mol. The number of hydrogen-bond acceptors (Lipinski definition) is 4. The number of carbonyl (C=O) groups excluding carboxylic acids is 1. The fourth-order valence-corrected chi connectivity index (χ4v) is 5.85. The SMILES string of the molecule is CCOc1c(Br)cc([C@@H]2Nc3ccc4ccccc4c3C3=C2C(=O)CC(C)(C)C3)cc1OC. The summed E-state index contributed by atoms with van der Waals surface area (Å²) >= 11 is 3.66. The molecule has 0 amide bonds. The second kappa shape index (κ2) is 8.21. The predicted molar refractivity (Wildman–Crippen MR) is 137 cm³/mol. The van der Waals surface area contributed by atoms with E-state index in [1.165, 1.54) is 10.8 Å². The molecule has 1 aliphatic heterocycles. The number of rotatable bonds is 4. The number of ether oxygens (including phenoxy) is 2. The van der Waals surface area contributed by atoms with E-state index >= 15 is 0 Å². The molecule has 3 aromatic carbocycles. The Balaban J connectivity index is 1.75. The number of methoxy groups -OCH3 is 1. The van der Waals surface area contributed by atoms with E-state index in [1.807, 2.05) is 19.1 Å². The highest BCUT2D eigenvalue weighted by molar-refractivity contribution is 9.10. The first kappa shape index (κ1) is 22.0. The lowest BCUT2D eigenvalue weighted by Crippen LogP contribution is -2.33. The number of halogens is 1. The van der Waals surface area contributed by atoms with Crippen LogP contribution in [0.4, 0.5) is 5.69 Å². The molecule has 0 bridgehead atoms. The topological polar surface area (TPSA) is 47.6 Å². The van der Waals surface area contributed by atoms with Gasteiger partial charge in [0.1, 0.15) is 0 Å². The molecule has 1 N–H and O–H groups in total. The lowest BCUT2D eigenvalue weighted by atomic mass is 9.68. The number of ketones is 1. The van der Waals surface area contributed by atoms with Gasteiger partial charge in [-0.15, -0.1) is 0 Å². The molecule has 0 radical (unpaired) electrons. The smallest absolute Gasteiger partial charge is 0.175 e. The lowest BCUT2D eigenvalue weighted by Gasteiger charge is -2.40. The first-order valence-electron chi connectivity index (χ1n) is 11.4. The van der Waals surface area contributed by atoms with Crippen molar-refractivity contribution in [3.05, 3.63) is 69.7 Å². The number of anilines is 1. The number of fused-ring (bicyclic) bond motifs is 4. The highest BCUT2D eigenvalue weighted by Crippen LogP contribution is 2.53. The first-order chi connectivity index (χ1) is 15.8. The van der Waals surface area contributed by atoms with Crippen LogP contribution in [0.3, 0.4) is 0 Å². The minimum atomic E-state index is -0.252. The fraction of sp³-hybridized carbons (Fsp3) is 0.321.